The molecule has 0 radical (unpaired) electrons. The monoisotopic (exact) mass is 326 g/mol. The summed E-state index contributed by atoms with van der Waals surface area (Å²) in [5.74, 6) is -0.310. The molecule has 5 heteroatoms. The smallest absolute Gasteiger partial charge is 0.251 e. The van der Waals surface area contributed by atoms with Crippen LogP contribution in [0.4, 0.5) is 5.69 Å². The molecule has 0 bridgehead atoms. The molecule has 104 valence electrons. The lowest BCUT2D eigenvalue weighted by Gasteiger charge is -2.22. The number of nitrogens with one attached hydrogen (secondary N) is 1. The van der Waals surface area contributed by atoms with E-state index in [2.05, 4.69) is 38.3 Å². The van der Waals surface area contributed by atoms with Crippen LogP contribution >= 0.6 is 15.9 Å². The third-order valence-corrected chi connectivity index (χ3v) is 3.80. The fourth-order valence-electron chi connectivity index (χ4n) is 2.13. The van der Waals surface area contributed by atoms with Crippen LogP contribution in [0.2, 0.25) is 0 Å². The van der Waals surface area contributed by atoms with Gasteiger partial charge in [-0.25, -0.2) is 0 Å². The Morgan fingerprint density at radius 3 is 2.63 bits per heavy atom. The van der Waals surface area contributed by atoms with E-state index in [1.807, 2.05) is 12.1 Å². The predicted octanol–water partition coefficient (Wildman–Crippen LogP) is 1.91. The minimum Gasteiger partial charge on any atom is -0.381 e. The SMILES string of the molecule is CC(C)(O)C(=O)NC1CCN(c2ccc(Br)cc2)C1. The zero-order chi connectivity index (χ0) is 14.0. The van der Waals surface area contributed by atoms with Crippen LogP contribution in [0.25, 0.3) is 0 Å². The van der Waals surface area contributed by atoms with Crippen LogP contribution in [-0.2, 0) is 4.79 Å². The molecule has 19 heavy (non-hydrogen) atoms. The summed E-state index contributed by atoms with van der Waals surface area (Å²) in [5, 5.41) is 12.5. The minimum absolute atomic E-state index is 0.0996. The van der Waals surface area contributed by atoms with Gasteiger partial charge in [-0.1, -0.05) is 15.9 Å². The fourth-order valence-corrected chi connectivity index (χ4v) is 2.39. The highest BCUT2D eigenvalue weighted by molar-refractivity contribution is 9.10. The summed E-state index contributed by atoms with van der Waals surface area (Å²) >= 11 is 3.42. The van der Waals surface area contributed by atoms with Crippen molar-refractivity contribution in [2.45, 2.75) is 31.9 Å². The fraction of sp³-hybridized carbons (Fsp3) is 0.500. The molecular formula is C14H19BrN2O2. The van der Waals surface area contributed by atoms with Gasteiger partial charge >= 0.3 is 0 Å². The molecule has 1 fully saturated rings. The molecule has 0 aromatic heterocycles. The molecule has 1 saturated heterocycles. The van der Waals surface area contributed by atoms with Crippen molar-refractivity contribution in [1.82, 2.24) is 5.32 Å². The first-order chi connectivity index (χ1) is 8.86. The van der Waals surface area contributed by atoms with Gasteiger partial charge in [-0.15, -0.1) is 0 Å². The van der Waals surface area contributed by atoms with Crippen molar-refractivity contribution in [1.29, 1.82) is 0 Å². The molecule has 1 atom stereocenters. The molecule has 0 spiro atoms. The quantitative estimate of drug-likeness (QED) is 0.892. The van der Waals surface area contributed by atoms with E-state index in [0.717, 1.165) is 29.7 Å². The molecule has 1 aromatic rings. The van der Waals surface area contributed by atoms with E-state index >= 15 is 0 Å². The Kier molecular flexibility index (Phi) is 4.16. The number of rotatable bonds is 3. The van der Waals surface area contributed by atoms with Crippen LogP contribution in [-0.4, -0.2) is 35.7 Å². The Balaban J connectivity index is 1.93. The average molecular weight is 327 g/mol. The van der Waals surface area contributed by atoms with Crippen molar-refractivity contribution in [2.75, 3.05) is 18.0 Å². The van der Waals surface area contributed by atoms with E-state index in [1.165, 1.54) is 13.8 Å². The van der Waals surface area contributed by atoms with Crippen LogP contribution in [0.1, 0.15) is 20.3 Å². The molecule has 1 unspecified atom stereocenters. The first-order valence-electron chi connectivity index (χ1n) is 6.40. The number of carbonyl (C=O) groups excluding carboxylic acids is 1. The normalized spacial score (nSPS) is 19.6. The lowest BCUT2D eigenvalue weighted by Crippen LogP contribution is -2.47. The lowest BCUT2D eigenvalue weighted by molar-refractivity contribution is -0.137. The van der Waals surface area contributed by atoms with Gasteiger partial charge in [0.05, 0.1) is 0 Å². The van der Waals surface area contributed by atoms with E-state index < -0.39 is 5.60 Å². The molecular weight excluding hydrogens is 308 g/mol. The third-order valence-electron chi connectivity index (χ3n) is 3.27. The molecule has 0 saturated carbocycles. The third kappa shape index (κ3) is 3.70. The number of hydrogen-bond acceptors (Lipinski definition) is 3. The Hall–Kier alpha value is -1.07. The van der Waals surface area contributed by atoms with Crippen molar-refractivity contribution in [3.63, 3.8) is 0 Å². The summed E-state index contributed by atoms with van der Waals surface area (Å²) in [5.41, 5.74) is -0.159. The number of amides is 1. The number of benzene rings is 1. The predicted molar refractivity (Wildman–Crippen MR) is 79.2 cm³/mol. The van der Waals surface area contributed by atoms with Gasteiger partial charge in [0.25, 0.3) is 5.91 Å². The van der Waals surface area contributed by atoms with Crippen LogP contribution in [0, 0.1) is 0 Å². The number of hydrogen-bond donors (Lipinski definition) is 2. The van der Waals surface area contributed by atoms with Crippen molar-refractivity contribution in [3.8, 4) is 0 Å². The molecule has 1 aromatic carbocycles. The summed E-state index contributed by atoms with van der Waals surface area (Å²) < 4.78 is 1.06. The second kappa shape index (κ2) is 5.51. The van der Waals surface area contributed by atoms with E-state index in [0.29, 0.717) is 0 Å². The summed E-state index contributed by atoms with van der Waals surface area (Å²) in [6.45, 7) is 4.70. The average Bonchev–Trinajstić information content (AvgIpc) is 2.77. The number of nitrogens with zero attached hydrogens (tertiary/aromatic N) is 1. The summed E-state index contributed by atoms with van der Waals surface area (Å²) in [6.07, 6.45) is 0.901. The van der Waals surface area contributed by atoms with Gasteiger partial charge in [-0.2, -0.15) is 0 Å². The Bertz CT molecular complexity index is 454. The van der Waals surface area contributed by atoms with Gasteiger partial charge < -0.3 is 15.3 Å². The summed E-state index contributed by atoms with van der Waals surface area (Å²) in [7, 11) is 0. The Morgan fingerprint density at radius 2 is 2.05 bits per heavy atom. The highest BCUT2D eigenvalue weighted by Gasteiger charge is 2.29. The first kappa shape index (κ1) is 14.3. The van der Waals surface area contributed by atoms with Gasteiger partial charge in [0, 0.05) is 29.3 Å². The van der Waals surface area contributed by atoms with Crippen molar-refractivity contribution >= 4 is 27.5 Å². The van der Waals surface area contributed by atoms with Gasteiger partial charge in [-0.05, 0) is 44.5 Å². The first-order valence-corrected chi connectivity index (χ1v) is 7.19. The molecule has 0 aliphatic carbocycles. The Morgan fingerprint density at radius 1 is 1.42 bits per heavy atom. The Labute approximate surface area is 121 Å². The molecule has 2 N–H and O–H groups in total. The van der Waals surface area contributed by atoms with Gasteiger partial charge in [0.1, 0.15) is 5.60 Å². The summed E-state index contributed by atoms with van der Waals surface area (Å²) in [4.78, 5) is 14.0. The zero-order valence-corrected chi connectivity index (χ0v) is 12.8. The number of halogens is 1. The zero-order valence-electron chi connectivity index (χ0n) is 11.2. The molecule has 1 aliphatic heterocycles. The number of aliphatic hydroxyl groups is 1. The highest BCUT2D eigenvalue weighted by Crippen LogP contribution is 2.22. The van der Waals surface area contributed by atoms with Crippen LogP contribution in [0.3, 0.4) is 0 Å². The molecule has 1 heterocycles. The van der Waals surface area contributed by atoms with E-state index in [-0.39, 0.29) is 11.9 Å². The maximum atomic E-state index is 11.7. The van der Waals surface area contributed by atoms with Crippen molar-refractivity contribution in [3.05, 3.63) is 28.7 Å². The minimum atomic E-state index is -1.31. The van der Waals surface area contributed by atoms with Gasteiger partial charge in [0.2, 0.25) is 0 Å². The number of carbonyl (C=O) groups is 1. The molecule has 1 amide bonds. The van der Waals surface area contributed by atoms with Crippen LogP contribution in [0.15, 0.2) is 28.7 Å². The summed E-state index contributed by atoms with van der Waals surface area (Å²) in [6, 6.07) is 8.24. The van der Waals surface area contributed by atoms with Crippen molar-refractivity contribution < 1.29 is 9.90 Å². The molecule has 4 nitrogen and oxygen atoms in total. The van der Waals surface area contributed by atoms with E-state index in [4.69, 9.17) is 0 Å². The van der Waals surface area contributed by atoms with E-state index in [9.17, 15) is 9.90 Å². The highest BCUT2D eigenvalue weighted by atomic mass is 79.9. The largest absolute Gasteiger partial charge is 0.381 e. The number of anilines is 1. The molecule has 1 aliphatic rings. The topological polar surface area (TPSA) is 52.6 Å². The van der Waals surface area contributed by atoms with Gasteiger partial charge in [0.15, 0.2) is 0 Å². The maximum Gasteiger partial charge on any atom is 0.251 e. The molecule has 2 rings (SSSR count). The van der Waals surface area contributed by atoms with Gasteiger partial charge in [-0.3, -0.25) is 4.79 Å². The second-order valence-electron chi connectivity index (χ2n) is 5.44. The maximum absolute atomic E-state index is 11.7. The standard InChI is InChI=1S/C14H19BrN2O2/c1-14(2,19)13(18)16-11-7-8-17(9-11)12-5-3-10(15)4-6-12/h3-6,11,19H,7-9H2,1-2H3,(H,16,18). The lowest BCUT2D eigenvalue weighted by atomic mass is 10.1. The van der Waals surface area contributed by atoms with E-state index in [1.54, 1.807) is 0 Å². The van der Waals surface area contributed by atoms with Crippen LogP contribution < -0.4 is 10.2 Å². The second-order valence-corrected chi connectivity index (χ2v) is 6.36. The van der Waals surface area contributed by atoms with Crippen molar-refractivity contribution in [2.24, 2.45) is 0 Å². The van der Waals surface area contributed by atoms with Crippen LogP contribution in [0.5, 0.6) is 0 Å².